The van der Waals surface area contributed by atoms with Crippen LogP contribution in [0.3, 0.4) is 0 Å². The molecule has 20 heavy (non-hydrogen) atoms. The Labute approximate surface area is 115 Å². The Morgan fingerprint density at radius 1 is 1.35 bits per heavy atom. The van der Waals surface area contributed by atoms with Crippen LogP contribution in [0.15, 0.2) is 24.4 Å². The molecular weight excluding hydrogens is 258 g/mol. The minimum Gasteiger partial charge on any atom is -0.465 e. The zero-order valence-corrected chi connectivity index (χ0v) is 11.1. The summed E-state index contributed by atoms with van der Waals surface area (Å²) in [6.45, 7) is 2.00. The summed E-state index contributed by atoms with van der Waals surface area (Å²) in [7, 11) is 1.32. The van der Waals surface area contributed by atoms with Crippen molar-refractivity contribution in [2.24, 2.45) is 0 Å². The molecule has 0 aliphatic heterocycles. The third-order valence-corrected chi connectivity index (χ3v) is 2.67. The first-order valence-corrected chi connectivity index (χ1v) is 6.04. The number of fused-ring (bicyclic) bond motifs is 1. The number of carbonyl (C=O) groups is 2. The van der Waals surface area contributed by atoms with Gasteiger partial charge in [-0.25, -0.2) is 9.59 Å². The van der Waals surface area contributed by atoms with Crippen molar-refractivity contribution >= 4 is 22.8 Å². The number of hydrogen-bond acceptors (Lipinski definition) is 4. The highest BCUT2D eigenvalue weighted by molar-refractivity contribution is 6.04. The number of aromatic amines is 1. The maximum atomic E-state index is 11.6. The van der Waals surface area contributed by atoms with Gasteiger partial charge in [-0.3, -0.25) is 0 Å². The fraction of sp³-hybridized carbons (Fsp3) is 0.200. The summed E-state index contributed by atoms with van der Waals surface area (Å²) < 4.78 is 9.43. The van der Waals surface area contributed by atoms with Gasteiger partial charge >= 0.3 is 11.9 Å². The second kappa shape index (κ2) is 5.93. The second-order valence-corrected chi connectivity index (χ2v) is 3.92. The first-order valence-electron chi connectivity index (χ1n) is 6.04. The third kappa shape index (κ3) is 2.81. The Morgan fingerprint density at radius 2 is 2.15 bits per heavy atom. The van der Waals surface area contributed by atoms with Crippen LogP contribution in [-0.4, -0.2) is 30.6 Å². The van der Waals surface area contributed by atoms with E-state index in [9.17, 15) is 9.59 Å². The van der Waals surface area contributed by atoms with Gasteiger partial charge in [0, 0.05) is 28.6 Å². The van der Waals surface area contributed by atoms with Gasteiger partial charge in [-0.15, -0.1) is 0 Å². The van der Waals surface area contributed by atoms with Crippen LogP contribution in [0.2, 0.25) is 0 Å². The van der Waals surface area contributed by atoms with Gasteiger partial charge in [-0.05, 0) is 25.1 Å². The maximum Gasteiger partial charge on any atom is 0.384 e. The molecule has 5 nitrogen and oxygen atoms in total. The molecule has 0 unspecified atom stereocenters. The molecule has 1 aromatic carbocycles. The maximum absolute atomic E-state index is 11.6. The van der Waals surface area contributed by atoms with Crippen LogP contribution in [-0.2, 0) is 14.3 Å². The molecule has 0 fully saturated rings. The van der Waals surface area contributed by atoms with Gasteiger partial charge in [0.1, 0.15) is 0 Å². The fourth-order valence-corrected chi connectivity index (χ4v) is 1.77. The van der Waals surface area contributed by atoms with Gasteiger partial charge in [0.05, 0.1) is 19.3 Å². The van der Waals surface area contributed by atoms with E-state index in [1.54, 1.807) is 31.3 Å². The third-order valence-electron chi connectivity index (χ3n) is 2.67. The van der Waals surface area contributed by atoms with Crippen molar-refractivity contribution < 1.29 is 19.1 Å². The predicted octanol–water partition coefficient (Wildman–Crippen LogP) is 1.87. The van der Waals surface area contributed by atoms with Gasteiger partial charge in [-0.1, -0.05) is 5.92 Å². The summed E-state index contributed by atoms with van der Waals surface area (Å²) in [5, 5.41) is 0.701. The van der Waals surface area contributed by atoms with Crippen LogP contribution in [0.25, 0.3) is 10.9 Å². The zero-order chi connectivity index (χ0) is 14.5. The summed E-state index contributed by atoms with van der Waals surface area (Å²) >= 11 is 0. The van der Waals surface area contributed by atoms with E-state index in [1.165, 1.54) is 7.11 Å². The van der Waals surface area contributed by atoms with Crippen LogP contribution in [0.1, 0.15) is 22.8 Å². The number of carbonyl (C=O) groups excluding carboxylic acids is 2. The summed E-state index contributed by atoms with van der Waals surface area (Å²) in [4.78, 5) is 25.7. The molecule has 1 aromatic heterocycles. The molecule has 0 amide bonds. The molecule has 2 rings (SSSR count). The Balaban J connectivity index is 2.37. The number of benzene rings is 1. The second-order valence-electron chi connectivity index (χ2n) is 3.92. The predicted molar refractivity (Wildman–Crippen MR) is 73.1 cm³/mol. The van der Waals surface area contributed by atoms with Crippen molar-refractivity contribution in [3.05, 3.63) is 35.5 Å². The lowest BCUT2D eigenvalue weighted by Crippen LogP contribution is -2.00. The van der Waals surface area contributed by atoms with E-state index in [-0.39, 0.29) is 6.61 Å². The van der Waals surface area contributed by atoms with Crippen LogP contribution in [0.4, 0.5) is 0 Å². The Morgan fingerprint density at radius 3 is 2.85 bits per heavy atom. The van der Waals surface area contributed by atoms with E-state index in [0.717, 1.165) is 5.52 Å². The zero-order valence-electron chi connectivity index (χ0n) is 11.1. The lowest BCUT2D eigenvalue weighted by atomic mass is 10.1. The Bertz CT molecular complexity index is 718. The number of methoxy groups -OCH3 is 1. The van der Waals surface area contributed by atoms with E-state index >= 15 is 0 Å². The van der Waals surface area contributed by atoms with Crippen molar-refractivity contribution in [2.45, 2.75) is 6.92 Å². The van der Waals surface area contributed by atoms with Crippen molar-refractivity contribution in [1.82, 2.24) is 4.98 Å². The first kappa shape index (κ1) is 13.7. The van der Waals surface area contributed by atoms with Crippen molar-refractivity contribution in [2.75, 3.05) is 13.7 Å². The molecule has 102 valence electrons. The van der Waals surface area contributed by atoms with Gasteiger partial charge < -0.3 is 14.5 Å². The van der Waals surface area contributed by atoms with E-state index in [1.807, 2.05) is 0 Å². The van der Waals surface area contributed by atoms with Gasteiger partial charge in [0.2, 0.25) is 0 Å². The average Bonchev–Trinajstić information content (AvgIpc) is 2.87. The molecule has 0 spiro atoms. The van der Waals surface area contributed by atoms with Gasteiger partial charge in [0.15, 0.2) is 0 Å². The van der Waals surface area contributed by atoms with Crippen LogP contribution < -0.4 is 0 Å². The molecule has 5 heteroatoms. The van der Waals surface area contributed by atoms with Crippen LogP contribution in [0.5, 0.6) is 0 Å². The monoisotopic (exact) mass is 271 g/mol. The number of aromatic nitrogens is 1. The summed E-state index contributed by atoms with van der Waals surface area (Å²) in [5.74, 6) is 4.09. The standard InChI is InChI=1S/C15H13NO4/c1-3-20-14(17)7-5-10-4-6-13-11(8-10)12(9-16-13)15(18)19-2/h4,6,8-9,16H,3H2,1-2H3. The van der Waals surface area contributed by atoms with E-state index in [4.69, 9.17) is 9.47 Å². The number of esters is 2. The Kier molecular flexibility index (Phi) is 4.06. The highest BCUT2D eigenvalue weighted by Crippen LogP contribution is 2.20. The van der Waals surface area contributed by atoms with Gasteiger partial charge in [-0.2, -0.15) is 0 Å². The Hall–Kier alpha value is -2.74. The molecular formula is C15H13NO4. The number of rotatable bonds is 2. The molecule has 0 radical (unpaired) electrons. The summed E-state index contributed by atoms with van der Waals surface area (Å²) in [5.41, 5.74) is 1.85. The topological polar surface area (TPSA) is 68.4 Å². The lowest BCUT2D eigenvalue weighted by molar-refractivity contribution is -0.136. The average molecular weight is 271 g/mol. The molecule has 0 aliphatic rings. The molecule has 0 saturated heterocycles. The van der Waals surface area contributed by atoms with Gasteiger partial charge in [0.25, 0.3) is 0 Å². The van der Waals surface area contributed by atoms with Crippen LogP contribution >= 0.6 is 0 Å². The quantitative estimate of drug-likeness (QED) is 0.668. The lowest BCUT2D eigenvalue weighted by Gasteiger charge is -1.97. The van der Waals surface area contributed by atoms with Crippen molar-refractivity contribution in [1.29, 1.82) is 0 Å². The molecule has 0 saturated carbocycles. The van der Waals surface area contributed by atoms with E-state index in [2.05, 4.69) is 16.8 Å². The molecule has 0 atom stereocenters. The van der Waals surface area contributed by atoms with E-state index < -0.39 is 11.9 Å². The van der Waals surface area contributed by atoms with Crippen LogP contribution in [0, 0.1) is 11.8 Å². The number of hydrogen-bond donors (Lipinski definition) is 1. The smallest absolute Gasteiger partial charge is 0.384 e. The minimum absolute atomic E-state index is 0.289. The highest BCUT2D eigenvalue weighted by Gasteiger charge is 2.12. The summed E-state index contributed by atoms with van der Waals surface area (Å²) in [6.07, 6.45) is 1.58. The number of nitrogens with one attached hydrogen (secondary N) is 1. The highest BCUT2D eigenvalue weighted by atomic mass is 16.5. The molecule has 0 bridgehead atoms. The minimum atomic E-state index is -0.574. The van der Waals surface area contributed by atoms with Crippen molar-refractivity contribution in [3.8, 4) is 11.8 Å². The fourth-order valence-electron chi connectivity index (χ4n) is 1.77. The summed E-state index contributed by atoms with van der Waals surface area (Å²) in [6, 6.07) is 5.27. The largest absolute Gasteiger partial charge is 0.465 e. The molecule has 1 N–H and O–H groups in total. The van der Waals surface area contributed by atoms with E-state index in [0.29, 0.717) is 16.5 Å². The molecule has 0 aliphatic carbocycles. The first-order chi connectivity index (χ1) is 9.65. The van der Waals surface area contributed by atoms with Crippen molar-refractivity contribution in [3.63, 3.8) is 0 Å². The normalized spacial score (nSPS) is 9.70. The molecule has 2 aromatic rings. The SMILES string of the molecule is CCOC(=O)C#Cc1ccc2[nH]cc(C(=O)OC)c2c1. The number of ether oxygens (including phenoxy) is 2. The molecule has 1 heterocycles. The number of H-pyrrole nitrogens is 1.